The van der Waals surface area contributed by atoms with Gasteiger partial charge in [0.15, 0.2) is 0 Å². The van der Waals surface area contributed by atoms with Crippen LogP contribution in [0.3, 0.4) is 0 Å². The zero-order valence-electron chi connectivity index (χ0n) is 12.0. The normalized spacial score (nSPS) is 13.5. The van der Waals surface area contributed by atoms with Gasteiger partial charge in [-0.25, -0.2) is 0 Å². The Bertz CT molecular complexity index is 298. The Morgan fingerprint density at radius 3 is 2.16 bits per heavy atom. The van der Waals surface area contributed by atoms with Crippen LogP contribution in [0.2, 0.25) is 0 Å². The van der Waals surface area contributed by atoms with E-state index in [4.69, 9.17) is 4.74 Å². The number of nitrogens with zero attached hydrogens (tertiary/aromatic N) is 1. The van der Waals surface area contributed by atoms with Crippen molar-refractivity contribution in [1.29, 1.82) is 0 Å². The first-order valence-corrected chi connectivity index (χ1v) is 6.66. The van der Waals surface area contributed by atoms with Gasteiger partial charge in [0.1, 0.15) is 0 Å². The quantitative estimate of drug-likeness (QED) is 0.852. The number of rotatable bonds is 3. The molecular formula is C15H26N2O2. The van der Waals surface area contributed by atoms with E-state index >= 15 is 0 Å². The first-order chi connectivity index (χ1) is 9.36. The van der Waals surface area contributed by atoms with Gasteiger partial charge in [0.05, 0.1) is 6.61 Å². The summed E-state index contributed by atoms with van der Waals surface area (Å²) in [5.74, 6) is 0. The maximum atomic E-state index is 10.1. The first kappa shape index (κ1) is 17.6. The molecule has 0 atom stereocenters. The molecule has 2 rings (SSSR count). The average Bonchev–Trinajstić information content (AvgIpc) is 2.52. The maximum absolute atomic E-state index is 10.1. The highest BCUT2D eigenvalue weighted by molar-refractivity contribution is 5.46. The van der Waals surface area contributed by atoms with Gasteiger partial charge in [-0.3, -0.25) is 4.79 Å². The largest absolute Gasteiger partial charge is 0.380 e. The highest BCUT2D eigenvalue weighted by atomic mass is 16.5. The van der Waals surface area contributed by atoms with Gasteiger partial charge in [0.25, 0.3) is 0 Å². The van der Waals surface area contributed by atoms with Crippen LogP contribution in [0.5, 0.6) is 0 Å². The van der Waals surface area contributed by atoms with Gasteiger partial charge < -0.3 is 15.4 Å². The van der Waals surface area contributed by atoms with Crippen molar-refractivity contribution in [1.82, 2.24) is 4.90 Å². The number of likely N-dealkylation sites (tertiary alicyclic amines) is 1. The second-order valence-corrected chi connectivity index (χ2v) is 4.12. The number of hydrogen-bond acceptors (Lipinski definition) is 3. The van der Waals surface area contributed by atoms with Crippen LogP contribution in [0.15, 0.2) is 30.3 Å². The number of nitrogens with two attached hydrogens (primary N) is 1. The molecule has 4 nitrogen and oxygen atoms in total. The average molecular weight is 266 g/mol. The zero-order valence-corrected chi connectivity index (χ0v) is 12.0. The molecule has 0 bridgehead atoms. The standard InChI is InChI=1S/C8H10O.C6H11NO.CH5N/c1-9-7-8-5-3-2-4-6-8;8-6-7-4-2-1-3-5-7;1-2/h2-6H,7H2,1H3;6H,1-5H2;2H2,1H3. The molecule has 1 aromatic carbocycles. The summed E-state index contributed by atoms with van der Waals surface area (Å²) in [4.78, 5) is 11.9. The summed E-state index contributed by atoms with van der Waals surface area (Å²) in [6.07, 6.45) is 4.63. The molecule has 19 heavy (non-hydrogen) atoms. The van der Waals surface area contributed by atoms with Gasteiger partial charge in [-0.2, -0.15) is 0 Å². The summed E-state index contributed by atoms with van der Waals surface area (Å²) in [5.41, 5.74) is 5.72. The molecule has 1 fully saturated rings. The molecule has 108 valence electrons. The van der Waals surface area contributed by atoms with Gasteiger partial charge in [0, 0.05) is 20.2 Å². The topological polar surface area (TPSA) is 55.6 Å². The SMILES string of the molecule is CN.COCc1ccccc1.O=CN1CCCCC1. The summed E-state index contributed by atoms with van der Waals surface area (Å²) < 4.78 is 4.93. The molecule has 0 spiro atoms. The number of amides is 1. The third-order valence-electron chi connectivity index (χ3n) is 2.69. The maximum Gasteiger partial charge on any atom is 0.209 e. The van der Waals surface area contributed by atoms with E-state index in [0.717, 1.165) is 19.5 Å². The minimum Gasteiger partial charge on any atom is -0.380 e. The van der Waals surface area contributed by atoms with Crippen molar-refractivity contribution in [3.63, 3.8) is 0 Å². The number of hydrogen-bond donors (Lipinski definition) is 1. The highest BCUT2D eigenvalue weighted by Gasteiger charge is 2.05. The molecule has 1 aromatic rings. The third kappa shape index (κ3) is 9.22. The Kier molecular flexibility index (Phi) is 12.1. The van der Waals surface area contributed by atoms with Crippen molar-refractivity contribution >= 4 is 6.41 Å². The van der Waals surface area contributed by atoms with E-state index in [-0.39, 0.29) is 0 Å². The predicted octanol–water partition coefficient (Wildman–Crippen LogP) is 2.04. The van der Waals surface area contributed by atoms with Crippen LogP contribution in [-0.4, -0.2) is 38.6 Å². The summed E-state index contributed by atoms with van der Waals surface area (Å²) in [6.45, 7) is 2.66. The number of carbonyl (C=O) groups is 1. The summed E-state index contributed by atoms with van der Waals surface area (Å²) in [7, 11) is 3.20. The Hall–Kier alpha value is -1.39. The third-order valence-corrected chi connectivity index (χ3v) is 2.69. The molecule has 1 saturated heterocycles. The monoisotopic (exact) mass is 266 g/mol. The van der Waals surface area contributed by atoms with Gasteiger partial charge in [-0.15, -0.1) is 0 Å². The van der Waals surface area contributed by atoms with Crippen molar-refractivity contribution in [2.24, 2.45) is 5.73 Å². The zero-order chi connectivity index (χ0) is 14.3. The predicted molar refractivity (Wildman–Crippen MR) is 78.8 cm³/mol. The molecule has 4 heteroatoms. The minimum absolute atomic E-state index is 0.709. The fourth-order valence-electron chi connectivity index (χ4n) is 1.76. The van der Waals surface area contributed by atoms with Crippen LogP contribution in [0.25, 0.3) is 0 Å². The lowest BCUT2D eigenvalue weighted by Gasteiger charge is -2.21. The van der Waals surface area contributed by atoms with Crippen LogP contribution >= 0.6 is 0 Å². The lowest BCUT2D eigenvalue weighted by atomic mass is 10.1. The molecule has 1 amide bonds. The molecule has 2 N–H and O–H groups in total. The van der Waals surface area contributed by atoms with E-state index in [1.54, 1.807) is 7.11 Å². The molecule has 1 aliphatic rings. The Morgan fingerprint density at radius 2 is 1.74 bits per heavy atom. The summed E-state index contributed by atoms with van der Waals surface area (Å²) in [5, 5.41) is 0. The molecule has 0 radical (unpaired) electrons. The molecule has 1 aliphatic heterocycles. The number of methoxy groups -OCH3 is 1. The lowest BCUT2D eigenvalue weighted by Crippen LogP contribution is -2.27. The molecule has 1 heterocycles. The van der Waals surface area contributed by atoms with Crippen LogP contribution in [0.4, 0.5) is 0 Å². The Balaban J connectivity index is 0.000000303. The molecule has 0 unspecified atom stereocenters. The van der Waals surface area contributed by atoms with E-state index in [0.29, 0.717) is 6.61 Å². The number of piperidine rings is 1. The Morgan fingerprint density at radius 1 is 1.16 bits per heavy atom. The second-order valence-electron chi connectivity index (χ2n) is 4.12. The smallest absolute Gasteiger partial charge is 0.209 e. The van der Waals surface area contributed by atoms with Gasteiger partial charge >= 0.3 is 0 Å². The molecule has 0 saturated carbocycles. The van der Waals surface area contributed by atoms with Crippen LogP contribution in [0, 0.1) is 0 Å². The van der Waals surface area contributed by atoms with Crippen LogP contribution in [-0.2, 0) is 16.1 Å². The van der Waals surface area contributed by atoms with E-state index < -0.39 is 0 Å². The summed E-state index contributed by atoms with van der Waals surface area (Å²) in [6, 6.07) is 10.1. The fraction of sp³-hybridized carbons (Fsp3) is 0.533. The van der Waals surface area contributed by atoms with Crippen LogP contribution < -0.4 is 5.73 Å². The van der Waals surface area contributed by atoms with Gasteiger partial charge in [-0.1, -0.05) is 30.3 Å². The van der Waals surface area contributed by atoms with Crippen molar-refractivity contribution in [2.45, 2.75) is 25.9 Å². The van der Waals surface area contributed by atoms with Gasteiger partial charge in [0.2, 0.25) is 6.41 Å². The number of carbonyl (C=O) groups excluding carboxylic acids is 1. The van der Waals surface area contributed by atoms with Crippen molar-refractivity contribution in [3.8, 4) is 0 Å². The molecular weight excluding hydrogens is 240 g/mol. The van der Waals surface area contributed by atoms with Crippen molar-refractivity contribution < 1.29 is 9.53 Å². The summed E-state index contributed by atoms with van der Waals surface area (Å²) >= 11 is 0. The minimum atomic E-state index is 0.709. The van der Waals surface area contributed by atoms with E-state index in [1.807, 2.05) is 35.2 Å². The second kappa shape index (κ2) is 13.1. The van der Waals surface area contributed by atoms with Gasteiger partial charge in [-0.05, 0) is 31.9 Å². The first-order valence-electron chi connectivity index (χ1n) is 6.66. The van der Waals surface area contributed by atoms with Crippen molar-refractivity contribution in [2.75, 3.05) is 27.2 Å². The highest BCUT2D eigenvalue weighted by Crippen LogP contribution is 2.05. The van der Waals surface area contributed by atoms with Crippen molar-refractivity contribution in [3.05, 3.63) is 35.9 Å². The number of ether oxygens (including phenoxy) is 1. The lowest BCUT2D eigenvalue weighted by molar-refractivity contribution is -0.118. The molecule has 0 aliphatic carbocycles. The fourth-order valence-corrected chi connectivity index (χ4v) is 1.76. The van der Waals surface area contributed by atoms with E-state index in [9.17, 15) is 4.79 Å². The molecule has 0 aromatic heterocycles. The van der Waals surface area contributed by atoms with E-state index in [1.165, 1.54) is 31.9 Å². The van der Waals surface area contributed by atoms with Crippen LogP contribution in [0.1, 0.15) is 24.8 Å². The van der Waals surface area contributed by atoms with E-state index in [2.05, 4.69) is 5.73 Å². The Labute approximate surface area is 116 Å². The number of benzene rings is 1.